The molecule has 0 aromatic heterocycles. The van der Waals surface area contributed by atoms with Gasteiger partial charge in [-0.1, -0.05) is 0 Å². The molecule has 0 aliphatic rings. The molecule has 1 aromatic rings. The van der Waals surface area contributed by atoms with Crippen LogP contribution < -0.4 is 11.5 Å². The predicted octanol–water partition coefficient (Wildman–Crippen LogP) is 1.56. The van der Waals surface area contributed by atoms with Crippen LogP contribution in [0, 0.1) is 0 Å². The minimum Gasteiger partial charge on any atom is -0.399 e. The van der Waals surface area contributed by atoms with Crippen molar-refractivity contribution in [3.63, 3.8) is 0 Å². The second-order valence-electron chi connectivity index (χ2n) is 2.77. The quantitative estimate of drug-likeness (QED) is 0.655. The Morgan fingerprint density at radius 2 is 2.00 bits per heavy atom. The van der Waals surface area contributed by atoms with E-state index in [1.54, 1.807) is 19.2 Å². The average Bonchev–Trinajstić information content (AvgIpc) is 2.08. The summed E-state index contributed by atoms with van der Waals surface area (Å²) in [4.78, 5) is 0. The Morgan fingerprint density at radius 1 is 1.33 bits per heavy atom. The van der Waals surface area contributed by atoms with Crippen LogP contribution in [0.2, 0.25) is 0 Å². The zero-order chi connectivity index (χ0) is 9.14. The van der Waals surface area contributed by atoms with Crippen LogP contribution in [-0.2, 0) is 4.74 Å². The van der Waals surface area contributed by atoms with Crippen molar-refractivity contribution in [1.82, 2.24) is 0 Å². The second kappa shape index (κ2) is 3.45. The van der Waals surface area contributed by atoms with Gasteiger partial charge in [-0.15, -0.1) is 0 Å². The minimum atomic E-state index is -0.00602. The summed E-state index contributed by atoms with van der Waals surface area (Å²) in [6.07, 6.45) is -0.00602. The van der Waals surface area contributed by atoms with Crippen LogP contribution in [-0.4, -0.2) is 7.11 Å². The van der Waals surface area contributed by atoms with Crippen molar-refractivity contribution in [2.75, 3.05) is 18.6 Å². The number of rotatable bonds is 2. The lowest BCUT2D eigenvalue weighted by Crippen LogP contribution is -2.02. The van der Waals surface area contributed by atoms with Gasteiger partial charge >= 0.3 is 0 Å². The standard InChI is InChI=1S/C9H14N2O/c1-6(12-2)8-5-7(10)3-4-9(8)11/h3-6H,10-11H2,1-2H3. The fraction of sp³-hybridized carbons (Fsp3) is 0.333. The van der Waals surface area contributed by atoms with Crippen molar-refractivity contribution in [2.24, 2.45) is 0 Å². The number of hydrogen-bond donors (Lipinski definition) is 2. The van der Waals surface area contributed by atoms with E-state index >= 15 is 0 Å². The van der Waals surface area contributed by atoms with E-state index < -0.39 is 0 Å². The first-order valence-corrected chi connectivity index (χ1v) is 3.83. The van der Waals surface area contributed by atoms with Crippen molar-refractivity contribution in [1.29, 1.82) is 0 Å². The summed E-state index contributed by atoms with van der Waals surface area (Å²) < 4.78 is 5.14. The molecule has 0 aliphatic carbocycles. The van der Waals surface area contributed by atoms with Gasteiger partial charge < -0.3 is 16.2 Å². The highest BCUT2D eigenvalue weighted by Crippen LogP contribution is 2.24. The highest BCUT2D eigenvalue weighted by atomic mass is 16.5. The number of hydrogen-bond acceptors (Lipinski definition) is 3. The molecule has 0 amide bonds. The molecule has 0 saturated carbocycles. The molecule has 0 saturated heterocycles. The van der Waals surface area contributed by atoms with Crippen molar-refractivity contribution in [2.45, 2.75) is 13.0 Å². The van der Waals surface area contributed by atoms with Crippen LogP contribution in [0.15, 0.2) is 18.2 Å². The summed E-state index contributed by atoms with van der Waals surface area (Å²) in [7, 11) is 1.65. The Morgan fingerprint density at radius 3 is 2.58 bits per heavy atom. The maximum Gasteiger partial charge on any atom is 0.0813 e. The fourth-order valence-electron chi connectivity index (χ4n) is 1.07. The summed E-state index contributed by atoms with van der Waals surface area (Å²) in [5.74, 6) is 0. The molecule has 0 radical (unpaired) electrons. The topological polar surface area (TPSA) is 61.3 Å². The Balaban J connectivity index is 3.04. The van der Waals surface area contributed by atoms with Gasteiger partial charge in [0.05, 0.1) is 6.10 Å². The SMILES string of the molecule is COC(C)c1cc(N)ccc1N. The van der Waals surface area contributed by atoms with Crippen LogP contribution in [0.25, 0.3) is 0 Å². The third-order valence-corrected chi connectivity index (χ3v) is 1.90. The van der Waals surface area contributed by atoms with E-state index in [2.05, 4.69) is 0 Å². The lowest BCUT2D eigenvalue weighted by molar-refractivity contribution is 0.120. The van der Waals surface area contributed by atoms with Gasteiger partial charge in [0.1, 0.15) is 0 Å². The van der Waals surface area contributed by atoms with E-state index in [1.807, 2.05) is 13.0 Å². The smallest absolute Gasteiger partial charge is 0.0813 e. The van der Waals surface area contributed by atoms with Crippen LogP contribution in [0.1, 0.15) is 18.6 Å². The van der Waals surface area contributed by atoms with Crippen molar-refractivity contribution in [3.8, 4) is 0 Å². The minimum absolute atomic E-state index is 0.00602. The number of ether oxygens (including phenoxy) is 1. The van der Waals surface area contributed by atoms with Gasteiger partial charge in [-0.2, -0.15) is 0 Å². The number of methoxy groups -OCH3 is 1. The van der Waals surface area contributed by atoms with Gasteiger partial charge in [0.15, 0.2) is 0 Å². The molecular formula is C9H14N2O. The molecular weight excluding hydrogens is 152 g/mol. The number of benzene rings is 1. The number of nitrogens with two attached hydrogens (primary N) is 2. The Kier molecular flexibility index (Phi) is 2.55. The number of nitrogen functional groups attached to an aromatic ring is 2. The highest BCUT2D eigenvalue weighted by molar-refractivity contribution is 5.55. The van der Waals surface area contributed by atoms with Crippen LogP contribution in [0.5, 0.6) is 0 Å². The van der Waals surface area contributed by atoms with Gasteiger partial charge in [-0.05, 0) is 25.1 Å². The molecule has 3 heteroatoms. The molecule has 3 nitrogen and oxygen atoms in total. The van der Waals surface area contributed by atoms with Crippen molar-refractivity contribution in [3.05, 3.63) is 23.8 Å². The Bertz CT molecular complexity index is 273. The summed E-state index contributed by atoms with van der Waals surface area (Å²) >= 11 is 0. The maximum absolute atomic E-state index is 5.73. The van der Waals surface area contributed by atoms with E-state index in [0.717, 1.165) is 11.3 Å². The molecule has 66 valence electrons. The summed E-state index contributed by atoms with van der Waals surface area (Å²) in [5.41, 5.74) is 13.7. The second-order valence-corrected chi connectivity index (χ2v) is 2.77. The molecule has 1 unspecified atom stereocenters. The molecule has 4 N–H and O–H groups in total. The Hall–Kier alpha value is -1.22. The summed E-state index contributed by atoms with van der Waals surface area (Å²) in [6, 6.07) is 5.41. The molecule has 0 aliphatic heterocycles. The number of anilines is 2. The molecule has 0 spiro atoms. The highest BCUT2D eigenvalue weighted by Gasteiger charge is 2.07. The van der Waals surface area contributed by atoms with E-state index in [4.69, 9.17) is 16.2 Å². The maximum atomic E-state index is 5.73. The third kappa shape index (κ3) is 1.68. The zero-order valence-electron chi connectivity index (χ0n) is 7.37. The van der Waals surface area contributed by atoms with E-state index in [-0.39, 0.29) is 6.10 Å². The fourth-order valence-corrected chi connectivity index (χ4v) is 1.07. The third-order valence-electron chi connectivity index (χ3n) is 1.90. The normalized spacial score (nSPS) is 12.8. The zero-order valence-corrected chi connectivity index (χ0v) is 7.37. The van der Waals surface area contributed by atoms with Gasteiger partial charge in [0.2, 0.25) is 0 Å². The van der Waals surface area contributed by atoms with Crippen LogP contribution in [0.4, 0.5) is 11.4 Å². The van der Waals surface area contributed by atoms with Crippen LogP contribution >= 0.6 is 0 Å². The molecule has 1 rings (SSSR count). The molecule has 1 aromatic carbocycles. The average molecular weight is 166 g/mol. The van der Waals surface area contributed by atoms with E-state index in [0.29, 0.717) is 5.69 Å². The Labute approximate surface area is 72.3 Å². The van der Waals surface area contributed by atoms with E-state index in [9.17, 15) is 0 Å². The van der Waals surface area contributed by atoms with Gasteiger partial charge in [0.25, 0.3) is 0 Å². The molecule has 0 fully saturated rings. The summed E-state index contributed by atoms with van der Waals surface area (Å²) in [6.45, 7) is 1.94. The van der Waals surface area contributed by atoms with E-state index in [1.165, 1.54) is 0 Å². The first-order chi connectivity index (χ1) is 5.65. The lowest BCUT2D eigenvalue weighted by Gasteiger charge is -2.12. The first-order valence-electron chi connectivity index (χ1n) is 3.83. The van der Waals surface area contributed by atoms with Crippen LogP contribution in [0.3, 0.4) is 0 Å². The molecule has 12 heavy (non-hydrogen) atoms. The lowest BCUT2D eigenvalue weighted by atomic mass is 10.1. The van der Waals surface area contributed by atoms with Crippen molar-refractivity contribution < 1.29 is 4.74 Å². The summed E-state index contributed by atoms with van der Waals surface area (Å²) in [5, 5.41) is 0. The predicted molar refractivity (Wildman–Crippen MR) is 50.7 cm³/mol. The van der Waals surface area contributed by atoms with Gasteiger partial charge in [0, 0.05) is 24.0 Å². The van der Waals surface area contributed by atoms with Gasteiger partial charge in [-0.3, -0.25) is 0 Å². The van der Waals surface area contributed by atoms with Crippen molar-refractivity contribution >= 4 is 11.4 Å². The first kappa shape index (κ1) is 8.87. The monoisotopic (exact) mass is 166 g/mol. The molecule has 0 bridgehead atoms. The molecule has 0 heterocycles. The largest absolute Gasteiger partial charge is 0.399 e. The molecule has 1 atom stereocenters. The van der Waals surface area contributed by atoms with Gasteiger partial charge in [-0.25, -0.2) is 0 Å².